The van der Waals surface area contributed by atoms with Gasteiger partial charge in [-0.2, -0.15) is 0 Å². The van der Waals surface area contributed by atoms with Crippen molar-refractivity contribution in [2.45, 2.75) is 79.2 Å². The largest absolute Gasteiger partial charge is 0.353 e. The highest BCUT2D eigenvalue weighted by Crippen LogP contribution is 2.36. The van der Waals surface area contributed by atoms with Gasteiger partial charge in [-0.1, -0.05) is 53.0 Å². The molecule has 1 aromatic carbocycles. The molecule has 2 aromatic rings. The van der Waals surface area contributed by atoms with Crippen LogP contribution in [0.25, 0.3) is 16.3 Å². The van der Waals surface area contributed by atoms with Gasteiger partial charge in [-0.25, -0.2) is 9.98 Å². The summed E-state index contributed by atoms with van der Waals surface area (Å²) in [5, 5.41) is 6.33. The van der Waals surface area contributed by atoms with E-state index < -0.39 is 0 Å². The number of amides is 1. The molecule has 1 amide bonds. The van der Waals surface area contributed by atoms with E-state index in [-0.39, 0.29) is 11.9 Å². The standard InChI is InChI=1S/C25H36N4OS/c1-6-7-8-11-25(5,14-17(2)3)15-18(4)27-24-28-21(23(30)29-24)12-19-9-10-20-22(13-19)31-16-26-20/h9-10,12-13,16-18H,6-8,11,14-15H2,1-5H3,(H2,27,28,29,30)/b21-12-. The Morgan fingerprint density at radius 1 is 1.23 bits per heavy atom. The molecule has 31 heavy (non-hydrogen) atoms. The summed E-state index contributed by atoms with van der Waals surface area (Å²) in [6.45, 7) is 11.5. The molecule has 0 fully saturated rings. The van der Waals surface area contributed by atoms with E-state index in [1.165, 1.54) is 32.1 Å². The number of fused-ring (bicyclic) bond motifs is 1. The maximum absolute atomic E-state index is 12.4. The molecule has 6 heteroatoms. The van der Waals surface area contributed by atoms with Gasteiger partial charge in [0.05, 0.1) is 15.7 Å². The van der Waals surface area contributed by atoms with Crippen LogP contribution >= 0.6 is 11.3 Å². The van der Waals surface area contributed by atoms with Crippen LogP contribution in [0.3, 0.4) is 0 Å². The van der Waals surface area contributed by atoms with Crippen LogP contribution in [0.2, 0.25) is 0 Å². The van der Waals surface area contributed by atoms with E-state index in [0.717, 1.165) is 22.2 Å². The second kappa shape index (κ2) is 10.4. The minimum absolute atomic E-state index is 0.160. The molecule has 5 nitrogen and oxygen atoms in total. The smallest absolute Gasteiger partial charge is 0.276 e. The Labute approximate surface area is 190 Å². The second-order valence-corrected chi connectivity index (χ2v) is 10.5. The van der Waals surface area contributed by atoms with Crippen molar-refractivity contribution in [2.75, 3.05) is 0 Å². The number of hydrogen-bond donors (Lipinski definition) is 2. The van der Waals surface area contributed by atoms with Gasteiger partial charge in [0.15, 0.2) is 0 Å². The number of thiazole rings is 1. The number of carbonyl (C=O) groups is 1. The molecule has 0 spiro atoms. The number of aliphatic imine (C=N–C) groups is 1. The molecule has 1 aliphatic rings. The first-order valence-electron chi connectivity index (χ1n) is 11.5. The van der Waals surface area contributed by atoms with Gasteiger partial charge < -0.3 is 5.32 Å². The number of aromatic nitrogens is 1. The number of rotatable bonds is 10. The summed E-state index contributed by atoms with van der Waals surface area (Å²) in [7, 11) is 0. The zero-order valence-electron chi connectivity index (χ0n) is 19.5. The van der Waals surface area contributed by atoms with Crippen molar-refractivity contribution in [3.05, 3.63) is 35.0 Å². The average molecular weight is 441 g/mol. The van der Waals surface area contributed by atoms with Crippen molar-refractivity contribution in [1.82, 2.24) is 15.6 Å². The molecule has 3 rings (SSSR count). The van der Waals surface area contributed by atoms with Crippen LogP contribution in [0.5, 0.6) is 0 Å². The molecule has 1 aliphatic heterocycles. The highest BCUT2D eigenvalue weighted by molar-refractivity contribution is 7.16. The molecule has 0 saturated heterocycles. The van der Waals surface area contributed by atoms with Crippen molar-refractivity contribution >= 4 is 39.5 Å². The molecule has 2 heterocycles. The molecular formula is C25H36N4OS. The number of carbonyl (C=O) groups excluding carboxylic acids is 1. The molecule has 168 valence electrons. The van der Waals surface area contributed by atoms with Crippen LogP contribution in [-0.4, -0.2) is 22.9 Å². The van der Waals surface area contributed by atoms with E-state index in [9.17, 15) is 4.79 Å². The van der Waals surface area contributed by atoms with Gasteiger partial charge in [-0.3, -0.25) is 10.1 Å². The summed E-state index contributed by atoms with van der Waals surface area (Å²) < 4.78 is 1.11. The Morgan fingerprint density at radius 2 is 2.03 bits per heavy atom. The lowest BCUT2D eigenvalue weighted by molar-refractivity contribution is -0.115. The quantitative estimate of drug-likeness (QED) is 0.345. The Bertz CT molecular complexity index is 961. The lowest BCUT2D eigenvalue weighted by Gasteiger charge is -2.34. The van der Waals surface area contributed by atoms with E-state index in [1.54, 1.807) is 11.3 Å². The number of unbranched alkanes of at least 4 members (excludes halogenated alkanes) is 2. The van der Waals surface area contributed by atoms with Gasteiger partial charge in [0, 0.05) is 6.04 Å². The highest BCUT2D eigenvalue weighted by Gasteiger charge is 2.29. The highest BCUT2D eigenvalue weighted by atomic mass is 32.1. The van der Waals surface area contributed by atoms with E-state index >= 15 is 0 Å². The summed E-state index contributed by atoms with van der Waals surface area (Å²) in [6.07, 6.45) is 9.18. The Morgan fingerprint density at radius 3 is 2.77 bits per heavy atom. The first-order valence-corrected chi connectivity index (χ1v) is 12.4. The fourth-order valence-corrected chi connectivity index (χ4v) is 5.48. The lowest BCUT2D eigenvalue weighted by atomic mass is 9.73. The zero-order valence-corrected chi connectivity index (χ0v) is 20.3. The van der Waals surface area contributed by atoms with Crippen LogP contribution < -0.4 is 10.6 Å². The summed E-state index contributed by atoms with van der Waals surface area (Å²) in [5.41, 5.74) is 4.50. The predicted octanol–water partition coefficient (Wildman–Crippen LogP) is 6.12. The topological polar surface area (TPSA) is 66.4 Å². The molecule has 1 aromatic heterocycles. The molecule has 0 radical (unpaired) electrons. The fraction of sp³-hybridized carbons (Fsp3) is 0.560. The van der Waals surface area contributed by atoms with Crippen LogP contribution in [0.15, 0.2) is 34.4 Å². The minimum atomic E-state index is -0.160. The molecule has 0 saturated carbocycles. The zero-order chi connectivity index (χ0) is 22.4. The van der Waals surface area contributed by atoms with Gasteiger partial charge in [0.25, 0.3) is 5.91 Å². The fourth-order valence-electron chi connectivity index (χ4n) is 4.75. The van der Waals surface area contributed by atoms with Crippen LogP contribution in [0.4, 0.5) is 0 Å². The van der Waals surface area contributed by atoms with Crippen molar-refractivity contribution in [2.24, 2.45) is 16.3 Å². The van der Waals surface area contributed by atoms with E-state index in [4.69, 9.17) is 0 Å². The normalized spacial score (nSPS) is 18.3. The molecule has 2 atom stereocenters. The molecule has 2 unspecified atom stereocenters. The number of benzene rings is 1. The summed E-state index contributed by atoms with van der Waals surface area (Å²) >= 11 is 1.60. The van der Waals surface area contributed by atoms with Crippen LogP contribution in [-0.2, 0) is 4.79 Å². The van der Waals surface area contributed by atoms with Crippen molar-refractivity contribution < 1.29 is 4.79 Å². The summed E-state index contributed by atoms with van der Waals surface area (Å²) in [4.78, 5) is 21.3. The maximum Gasteiger partial charge on any atom is 0.276 e. The average Bonchev–Trinajstić information content (AvgIpc) is 3.27. The monoisotopic (exact) mass is 440 g/mol. The second-order valence-electron chi connectivity index (χ2n) is 9.64. The van der Waals surface area contributed by atoms with E-state index in [0.29, 0.717) is 23.0 Å². The summed E-state index contributed by atoms with van der Waals surface area (Å²) in [6, 6.07) is 6.23. The first-order chi connectivity index (χ1) is 14.8. The summed E-state index contributed by atoms with van der Waals surface area (Å²) in [5.74, 6) is 1.07. The minimum Gasteiger partial charge on any atom is -0.353 e. The van der Waals surface area contributed by atoms with E-state index in [1.807, 2.05) is 29.8 Å². The van der Waals surface area contributed by atoms with Crippen molar-refractivity contribution in [3.63, 3.8) is 0 Å². The third-order valence-electron chi connectivity index (χ3n) is 5.82. The first kappa shape index (κ1) is 23.5. The van der Waals surface area contributed by atoms with Gasteiger partial charge in [-0.15, -0.1) is 11.3 Å². The van der Waals surface area contributed by atoms with Gasteiger partial charge in [0.1, 0.15) is 5.70 Å². The van der Waals surface area contributed by atoms with Gasteiger partial charge >= 0.3 is 0 Å². The van der Waals surface area contributed by atoms with Crippen molar-refractivity contribution in [3.8, 4) is 0 Å². The van der Waals surface area contributed by atoms with Crippen LogP contribution in [0.1, 0.15) is 78.7 Å². The molecule has 0 bridgehead atoms. The van der Waals surface area contributed by atoms with Crippen LogP contribution in [0, 0.1) is 11.3 Å². The predicted molar refractivity (Wildman–Crippen MR) is 132 cm³/mol. The third-order valence-corrected chi connectivity index (χ3v) is 6.61. The number of nitrogens with one attached hydrogen (secondary N) is 2. The van der Waals surface area contributed by atoms with Crippen molar-refractivity contribution in [1.29, 1.82) is 0 Å². The Balaban J connectivity index is 1.65. The molecular weight excluding hydrogens is 404 g/mol. The molecule has 2 N–H and O–H groups in total. The van der Waals surface area contributed by atoms with Gasteiger partial charge in [-0.05, 0) is 61.3 Å². The third kappa shape index (κ3) is 6.63. The van der Waals surface area contributed by atoms with Gasteiger partial charge in [0.2, 0.25) is 5.96 Å². The lowest BCUT2D eigenvalue weighted by Crippen LogP contribution is -2.43. The number of nitrogens with zero attached hydrogens (tertiary/aromatic N) is 2. The molecule has 0 aliphatic carbocycles. The number of hydrogen-bond acceptors (Lipinski definition) is 5. The maximum atomic E-state index is 12.4. The Kier molecular flexibility index (Phi) is 7.87. The number of guanidine groups is 1. The van der Waals surface area contributed by atoms with E-state index in [2.05, 4.69) is 55.2 Å². The Hall–Kier alpha value is -2.21. The SMILES string of the molecule is CCCCCC(C)(CC(C)C)CC(C)NC1=N/C(=C\c2ccc3ncsc3c2)C(=O)N1.